The van der Waals surface area contributed by atoms with Crippen LogP contribution in [0, 0.1) is 5.41 Å². The summed E-state index contributed by atoms with van der Waals surface area (Å²) in [5.41, 5.74) is 2.01. The predicted octanol–water partition coefficient (Wildman–Crippen LogP) is 3.41. The molecule has 0 unspecified atom stereocenters. The Balaban J connectivity index is 1.72. The third-order valence-corrected chi connectivity index (χ3v) is 5.71. The van der Waals surface area contributed by atoms with E-state index in [4.69, 9.17) is 14.6 Å². The standard InChI is InChI=1S/C22H21N3O5/c1-22(2,3)19-10-25-16(15-8-17(26)13(21(27)28)9-24(15)19)7-14(23-25)12-5-4-6-18-20(12)30-11-29-18/h4-9,19H,10-11H2,1-3H3,(H,27,28)/t19-/m0/s1. The number of rotatable bonds is 2. The van der Waals surface area contributed by atoms with Crippen LogP contribution in [-0.2, 0) is 6.54 Å². The highest BCUT2D eigenvalue weighted by Crippen LogP contribution is 2.44. The number of aromatic carboxylic acids is 1. The van der Waals surface area contributed by atoms with E-state index in [0.717, 1.165) is 11.3 Å². The van der Waals surface area contributed by atoms with Gasteiger partial charge in [0, 0.05) is 17.8 Å². The smallest absolute Gasteiger partial charge is 0.341 e. The van der Waals surface area contributed by atoms with Crippen LogP contribution in [0.25, 0.3) is 22.6 Å². The van der Waals surface area contributed by atoms with Crippen molar-refractivity contribution in [3.05, 3.63) is 52.3 Å². The van der Waals surface area contributed by atoms with Crippen molar-refractivity contribution < 1.29 is 19.4 Å². The molecule has 1 atom stereocenters. The first kappa shape index (κ1) is 18.5. The number of ether oxygens (including phenoxy) is 2. The molecule has 3 aromatic rings. The van der Waals surface area contributed by atoms with Crippen LogP contribution in [0.4, 0.5) is 0 Å². The number of aromatic nitrogens is 3. The average molecular weight is 407 g/mol. The van der Waals surface area contributed by atoms with Crippen LogP contribution >= 0.6 is 0 Å². The van der Waals surface area contributed by atoms with Crippen LogP contribution in [0.2, 0.25) is 0 Å². The van der Waals surface area contributed by atoms with Crippen LogP contribution in [-0.4, -0.2) is 32.2 Å². The fourth-order valence-electron chi connectivity index (χ4n) is 4.14. The van der Waals surface area contributed by atoms with E-state index >= 15 is 0 Å². The summed E-state index contributed by atoms with van der Waals surface area (Å²) in [6.07, 6.45) is 1.46. The maximum atomic E-state index is 12.5. The molecule has 1 aromatic carbocycles. The number of fused-ring (bicyclic) bond motifs is 4. The van der Waals surface area contributed by atoms with Crippen molar-refractivity contribution in [1.82, 2.24) is 14.3 Å². The second-order valence-corrected chi connectivity index (χ2v) is 8.67. The molecule has 2 aliphatic rings. The van der Waals surface area contributed by atoms with Gasteiger partial charge in [-0.15, -0.1) is 0 Å². The lowest BCUT2D eigenvalue weighted by Gasteiger charge is -2.38. The van der Waals surface area contributed by atoms with E-state index in [2.05, 4.69) is 20.8 Å². The number of carbonyl (C=O) groups is 1. The monoisotopic (exact) mass is 407 g/mol. The summed E-state index contributed by atoms with van der Waals surface area (Å²) in [6.45, 7) is 6.99. The van der Waals surface area contributed by atoms with Gasteiger partial charge in [0.2, 0.25) is 6.79 Å². The highest BCUT2D eigenvalue weighted by molar-refractivity contribution is 5.87. The van der Waals surface area contributed by atoms with Gasteiger partial charge in [0.15, 0.2) is 16.9 Å². The van der Waals surface area contributed by atoms with Crippen molar-refractivity contribution in [2.45, 2.75) is 33.4 Å². The first-order valence-corrected chi connectivity index (χ1v) is 9.71. The first-order valence-electron chi connectivity index (χ1n) is 9.71. The minimum absolute atomic E-state index is 0.0764. The SMILES string of the molecule is CC(C)(C)[C@@H]1Cn2nc(-c3cccc4c3OCO4)cc2-c2cc(=O)c(C(=O)O)cn21. The molecule has 0 amide bonds. The zero-order chi connectivity index (χ0) is 21.2. The number of pyridine rings is 1. The molecule has 0 fully saturated rings. The summed E-state index contributed by atoms with van der Waals surface area (Å²) < 4.78 is 14.9. The van der Waals surface area contributed by atoms with Gasteiger partial charge < -0.3 is 19.1 Å². The van der Waals surface area contributed by atoms with E-state index in [-0.39, 0.29) is 23.8 Å². The Kier molecular flexibility index (Phi) is 3.83. The molecule has 8 heteroatoms. The molecule has 4 heterocycles. The molecule has 30 heavy (non-hydrogen) atoms. The molecule has 8 nitrogen and oxygen atoms in total. The van der Waals surface area contributed by atoms with Gasteiger partial charge in [-0.25, -0.2) is 4.79 Å². The summed E-state index contributed by atoms with van der Waals surface area (Å²) >= 11 is 0. The largest absolute Gasteiger partial charge is 0.477 e. The quantitative estimate of drug-likeness (QED) is 0.700. The highest BCUT2D eigenvalue weighted by Gasteiger charge is 2.35. The zero-order valence-electron chi connectivity index (χ0n) is 16.9. The molecule has 0 aliphatic carbocycles. The van der Waals surface area contributed by atoms with Gasteiger partial charge in [-0.3, -0.25) is 9.48 Å². The third kappa shape index (κ3) is 2.71. The summed E-state index contributed by atoms with van der Waals surface area (Å²) in [5.74, 6) is 0.104. The molecule has 0 radical (unpaired) electrons. The Morgan fingerprint density at radius 3 is 2.73 bits per heavy atom. The Bertz CT molecular complexity index is 1250. The van der Waals surface area contributed by atoms with Crippen LogP contribution in [0.5, 0.6) is 11.5 Å². The minimum Gasteiger partial charge on any atom is -0.477 e. The Hall–Kier alpha value is -3.55. The number of nitrogens with zero attached hydrogens (tertiary/aromatic N) is 3. The van der Waals surface area contributed by atoms with Gasteiger partial charge in [0.25, 0.3) is 0 Å². The van der Waals surface area contributed by atoms with Crippen molar-refractivity contribution >= 4 is 5.97 Å². The molecular weight excluding hydrogens is 386 g/mol. The summed E-state index contributed by atoms with van der Waals surface area (Å²) in [7, 11) is 0. The van der Waals surface area contributed by atoms with Crippen LogP contribution < -0.4 is 14.9 Å². The molecule has 1 N–H and O–H groups in total. The minimum atomic E-state index is -1.22. The summed E-state index contributed by atoms with van der Waals surface area (Å²) in [5, 5.41) is 14.2. The lowest BCUT2D eigenvalue weighted by Crippen LogP contribution is -2.35. The lowest BCUT2D eigenvalue weighted by atomic mass is 9.85. The molecule has 0 saturated carbocycles. The molecule has 154 valence electrons. The fourth-order valence-corrected chi connectivity index (χ4v) is 4.14. The van der Waals surface area contributed by atoms with Gasteiger partial charge in [-0.05, 0) is 23.6 Å². The number of benzene rings is 1. The van der Waals surface area contributed by atoms with Crippen LogP contribution in [0.15, 0.2) is 41.3 Å². The number of carboxylic acids is 1. The predicted molar refractivity (Wildman–Crippen MR) is 109 cm³/mol. The maximum absolute atomic E-state index is 12.5. The van der Waals surface area contributed by atoms with Crippen molar-refractivity contribution in [2.75, 3.05) is 6.79 Å². The topological polar surface area (TPSA) is 95.6 Å². The molecule has 0 bridgehead atoms. The Morgan fingerprint density at radius 2 is 2.00 bits per heavy atom. The van der Waals surface area contributed by atoms with Crippen molar-refractivity contribution in [3.63, 3.8) is 0 Å². The van der Waals surface area contributed by atoms with E-state index in [1.807, 2.05) is 33.5 Å². The first-order chi connectivity index (χ1) is 14.2. The van der Waals surface area contributed by atoms with Gasteiger partial charge in [-0.2, -0.15) is 5.10 Å². The van der Waals surface area contributed by atoms with E-state index < -0.39 is 11.4 Å². The third-order valence-electron chi connectivity index (χ3n) is 5.71. The highest BCUT2D eigenvalue weighted by atomic mass is 16.7. The lowest BCUT2D eigenvalue weighted by molar-refractivity contribution is 0.0693. The normalized spacial score (nSPS) is 16.8. The number of hydrogen-bond donors (Lipinski definition) is 1. The van der Waals surface area contributed by atoms with Gasteiger partial charge in [0.05, 0.1) is 29.7 Å². The maximum Gasteiger partial charge on any atom is 0.341 e. The van der Waals surface area contributed by atoms with Gasteiger partial charge in [0.1, 0.15) is 5.56 Å². The van der Waals surface area contributed by atoms with Crippen molar-refractivity contribution in [1.29, 1.82) is 0 Å². The second kappa shape index (κ2) is 6.22. The number of hydrogen-bond acceptors (Lipinski definition) is 5. The van der Waals surface area contributed by atoms with E-state index in [1.54, 1.807) is 0 Å². The van der Waals surface area contributed by atoms with Crippen LogP contribution in [0.1, 0.15) is 37.2 Å². The molecule has 0 saturated heterocycles. The molecule has 0 spiro atoms. The van der Waals surface area contributed by atoms with Crippen molar-refractivity contribution in [2.24, 2.45) is 5.41 Å². The molecular formula is C22H21N3O5. The summed E-state index contributed by atoms with van der Waals surface area (Å²) in [6, 6.07) is 8.88. The molecule has 2 aromatic heterocycles. The average Bonchev–Trinajstić information content (AvgIpc) is 3.32. The van der Waals surface area contributed by atoms with E-state index in [9.17, 15) is 14.7 Å². The number of para-hydroxylation sites is 1. The number of carboxylic acid groups (broad SMARTS) is 1. The Labute approximate surface area is 172 Å². The fraction of sp³-hybridized carbons (Fsp3) is 0.318. The van der Waals surface area contributed by atoms with Gasteiger partial charge in [-0.1, -0.05) is 26.8 Å². The second-order valence-electron chi connectivity index (χ2n) is 8.67. The van der Waals surface area contributed by atoms with Crippen LogP contribution in [0.3, 0.4) is 0 Å². The van der Waals surface area contributed by atoms with Gasteiger partial charge >= 0.3 is 5.97 Å². The summed E-state index contributed by atoms with van der Waals surface area (Å²) in [4.78, 5) is 24.0. The van der Waals surface area contributed by atoms with E-state index in [1.165, 1.54) is 12.3 Å². The zero-order valence-corrected chi connectivity index (χ0v) is 16.9. The van der Waals surface area contributed by atoms with Crippen molar-refractivity contribution in [3.8, 4) is 34.1 Å². The molecule has 2 aliphatic heterocycles. The van der Waals surface area contributed by atoms with E-state index in [0.29, 0.717) is 29.4 Å². The molecule has 5 rings (SSSR count). The Morgan fingerprint density at radius 1 is 1.20 bits per heavy atom.